The molecule has 3 atom stereocenters. The number of ether oxygens (including phenoxy) is 1. The zero-order valence-corrected chi connectivity index (χ0v) is 13.4. The molecule has 2 fully saturated rings. The van der Waals surface area contributed by atoms with E-state index in [1.807, 2.05) is 7.05 Å². The SMILES string of the molecule is CN=C(NCC1CCCC(C)C1)N(C)CC1CCOC1. The van der Waals surface area contributed by atoms with E-state index in [1.54, 1.807) is 0 Å². The first-order valence-corrected chi connectivity index (χ1v) is 8.18. The van der Waals surface area contributed by atoms with E-state index >= 15 is 0 Å². The molecule has 2 rings (SSSR count). The lowest BCUT2D eigenvalue weighted by atomic mass is 9.82. The lowest BCUT2D eigenvalue weighted by Gasteiger charge is -2.29. The molecule has 2 aliphatic rings. The smallest absolute Gasteiger partial charge is 0.193 e. The number of aliphatic imine (C=N–C) groups is 1. The van der Waals surface area contributed by atoms with Crippen LogP contribution in [0.2, 0.25) is 0 Å². The van der Waals surface area contributed by atoms with E-state index in [1.165, 1.54) is 32.1 Å². The van der Waals surface area contributed by atoms with E-state index in [4.69, 9.17) is 4.74 Å². The first-order valence-electron chi connectivity index (χ1n) is 8.18. The number of nitrogens with zero attached hydrogens (tertiary/aromatic N) is 2. The number of hydrogen-bond donors (Lipinski definition) is 1. The van der Waals surface area contributed by atoms with Crippen LogP contribution in [0.4, 0.5) is 0 Å². The summed E-state index contributed by atoms with van der Waals surface area (Å²) in [4.78, 5) is 6.68. The second kappa shape index (κ2) is 7.87. The molecule has 1 aliphatic carbocycles. The highest BCUT2D eigenvalue weighted by Gasteiger charge is 2.21. The van der Waals surface area contributed by atoms with Gasteiger partial charge in [0.2, 0.25) is 0 Å². The molecule has 0 bridgehead atoms. The van der Waals surface area contributed by atoms with E-state index in [2.05, 4.69) is 29.2 Å². The maximum Gasteiger partial charge on any atom is 0.193 e. The van der Waals surface area contributed by atoms with Crippen molar-refractivity contribution in [2.24, 2.45) is 22.7 Å². The van der Waals surface area contributed by atoms with Crippen molar-refractivity contribution in [2.45, 2.75) is 39.0 Å². The Morgan fingerprint density at radius 1 is 1.30 bits per heavy atom. The summed E-state index contributed by atoms with van der Waals surface area (Å²) in [6.07, 6.45) is 6.72. The first-order chi connectivity index (χ1) is 9.69. The van der Waals surface area contributed by atoms with Crippen LogP contribution in [0, 0.1) is 17.8 Å². The lowest BCUT2D eigenvalue weighted by molar-refractivity contribution is 0.181. The fourth-order valence-corrected chi connectivity index (χ4v) is 3.57. The fraction of sp³-hybridized carbons (Fsp3) is 0.938. The van der Waals surface area contributed by atoms with Crippen LogP contribution in [0.25, 0.3) is 0 Å². The largest absolute Gasteiger partial charge is 0.381 e. The van der Waals surface area contributed by atoms with Gasteiger partial charge in [-0.05, 0) is 31.1 Å². The van der Waals surface area contributed by atoms with E-state index < -0.39 is 0 Å². The standard InChI is InChI=1S/C16H31N3O/c1-13-5-4-6-14(9-13)10-18-16(17-2)19(3)11-15-7-8-20-12-15/h13-15H,4-12H2,1-3H3,(H,17,18). The van der Waals surface area contributed by atoms with Gasteiger partial charge in [0, 0.05) is 39.7 Å². The van der Waals surface area contributed by atoms with Gasteiger partial charge in [-0.25, -0.2) is 0 Å². The molecule has 1 N–H and O–H groups in total. The topological polar surface area (TPSA) is 36.9 Å². The van der Waals surface area contributed by atoms with Crippen molar-refractivity contribution in [1.82, 2.24) is 10.2 Å². The second-order valence-corrected chi connectivity index (χ2v) is 6.68. The predicted molar refractivity (Wildman–Crippen MR) is 84.0 cm³/mol. The van der Waals surface area contributed by atoms with Crippen LogP contribution in [-0.4, -0.2) is 51.3 Å². The van der Waals surface area contributed by atoms with Crippen molar-refractivity contribution in [3.05, 3.63) is 0 Å². The maximum atomic E-state index is 5.45. The third-order valence-corrected chi connectivity index (χ3v) is 4.72. The number of rotatable bonds is 4. The number of hydrogen-bond acceptors (Lipinski definition) is 2. The highest BCUT2D eigenvalue weighted by Crippen LogP contribution is 2.27. The molecule has 116 valence electrons. The Bertz CT molecular complexity index is 313. The molecule has 20 heavy (non-hydrogen) atoms. The molecule has 4 nitrogen and oxygen atoms in total. The quantitative estimate of drug-likeness (QED) is 0.635. The zero-order chi connectivity index (χ0) is 14.4. The van der Waals surface area contributed by atoms with Gasteiger partial charge >= 0.3 is 0 Å². The van der Waals surface area contributed by atoms with Gasteiger partial charge < -0.3 is 15.0 Å². The van der Waals surface area contributed by atoms with Gasteiger partial charge in [0.15, 0.2) is 5.96 Å². The molecule has 0 aromatic carbocycles. The summed E-state index contributed by atoms with van der Waals surface area (Å²) in [5.41, 5.74) is 0. The van der Waals surface area contributed by atoms with Crippen molar-refractivity contribution in [3.8, 4) is 0 Å². The Kier molecular flexibility index (Phi) is 6.14. The summed E-state index contributed by atoms with van der Waals surface area (Å²) >= 11 is 0. The Morgan fingerprint density at radius 2 is 2.15 bits per heavy atom. The maximum absolute atomic E-state index is 5.45. The molecule has 1 aliphatic heterocycles. The zero-order valence-electron chi connectivity index (χ0n) is 13.4. The molecule has 1 saturated heterocycles. The van der Waals surface area contributed by atoms with Gasteiger partial charge in [-0.1, -0.05) is 19.8 Å². The van der Waals surface area contributed by atoms with E-state index in [9.17, 15) is 0 Å². The van der Waals surface area contributed by atoms with Gasteiger partial charge in [-0.3, -0.25) is 4.99 Å². The minimum Gasteiger partial charge on any atom is -0.381 e. The first kappa shape index (κ1) is 15.6. The van der Waals surface area contributed by atoms with Gasteiger partial charge in [0.1, 0.15) is 0 Å². The molecular weight excluding hydrogens is 250 g/mol. The Hall–Kier alpha value is -0.770. The van der Waals surface area contributed by atoms with Gasteiger partial charge in [0.05, 0.1) is 6.61 Å². The summed E-state index contributed by atoms with van der Waals surface area (Å²) in [5.74, 6) is 3.41. The molecule has 0 aromatic rings. The van der Waals surface area contributed by atoms with Crippen molar-refractivity contribution in [3.63, 3.8) is 0 Å². The number of guanidine groups is 1. The minimum absolute atomic E-state index is 0.660. The third kappa shape index (κ3) is 4.65. The van der Waals surface area contributed by atoms with Crippen molar-refractivity contribution >= 4 is 5.96 Å². The molecule has 0 aromatic heterocycles. The molecule has 3 unspecified atom stereocenters. The molecule has 0 spiro atoms. The third-order valence-electron chi connectivity index (χ3n) is 4.72. The second-order valence-electron chi connectivity index (χ2n) is 6.68. The van der Waals surface area contributed by atoms with E-state index in [0.717, 1.165) is 44.1 Å². The normalized spacial score (nSPS) is 31.4. The Morgan fingerprint density at radius 3 is 2.80 bits per heavy atom. The summed E-state index contributed by atoms with van der Waals surface area (Å²) in [6.45, 7) is 6.32. The molecule has 0 amide bonds. The van der Waals surface area contributed by atoms with Crippen molar-refractivity contribution in [2.75, 3.05) is 40.4 Å². The van der Waals surface area contributed by atoms with E-state index in [-0.39, 0.29) is 0 Å². The van der Waals surface area contributed by atoms with Crippen LogP contribution < -0.4 is 5.32 Å². The molecule has 0 radical (unpaired) electrons. The molecular formula is C16H31N3O. The molecule has 4 heteroatoms. The summed E-state index contributed by atoms with van der Waals surface area (Å²) in [6, 6.07) is 0. The van der Waals surface area contributed by atoms with Gasteiger partial charge in [0.25, 0.3) is 0 Å². The summed E-state index contributed by atoms with van der Waals surface area (Å²) < 4.78 is 5.45. The minimum atomic E-state index is 0.660. The lowest BCUT2D eigenvalue weighted by Crippen LogP contribution is -2.43. The van der Waals surface area contributed by atoms with Crippen molar-refractivity contribution < 1.29 is 4.74 Å². The Labute approximate surface area is 124 Å². The van der Waals surface area contributed by atoms with E-state index in [0.29, 0.717) is 5.92 Å². The van der Waals surface area contributed by atoms with Gasteiger partial charge in [-0.15, -0.1) is 0 Å². The van der Waals surface area contributed by atoms with Crippen LogP contribution in [0.1, 0.15) is 39.0 Å². The highest BCUT2D eigenvalue weighted by atomic mass is 16.5. The number of nitrogens with one attached hydrogen (secondary N) is 1. The average Bonchev–Trinajstić information content (AvgIpc) is 2.92. The highest BCUT2D eigenvalue weighted by molar-refractivity contribution is 5.79. The monoisotopic (exact) mass is 281 g/mol. The average molecular weight is 281 g/mol. The van der Waals surface area contributed by atoms with Crippen LogP contribution in [0.3, 0.4) is 0 Å². The Balaban J connectivity index is 1.73. The summed E-state index contributed by atoms with van der Waals surface area (Å²) in [7, 11) is 4.02. The van der Waals surface area contributed by atoms with Gasteiger partial charge in [-0.2, -0.15) is 0 Å². The van der Waals surface area contributed by atoms with Crippen LogP contribution in [0.15, 0.2) is 4.99 Å². The fourth-order valence-electron chi connectivity index (χ4n) is 3.57. The molecule has 1 saturated carbocycles. The predicted octanol–water partition coefficient (Wildman–Crippen LogP) is 2.36. The van der Waals surface area contributed by atoms with Crippen LogP contribution in [-0.2, 0) is 4.74 Å². The summed E-state index contributed by atoms with van der Waals surface area (Å²) in [5, 5.41) is 3.57. The van der Waals surface area contributed by atoms with Crippen molar-refractivity contribution in [1.29, 1.82) is 0 Å². The van der Waals surface area contributed by atoms with Crippen LogP contribution in [0.5, 0.6) is 0 Å². The van der Waals surface area contributed by atoms with Crippen LogP contribution >= 0.6 is 0 Å². The molecule has 1 heterocycles.